The molecule has 2 saturated carbocycles. The summed E-state index contributed by atoms with van der Waals surface area (Å²) in [7, 11) is 0. The van der Waals surface area contributed by atoms with E-state index in [0.717, 1.165) is 36.9 Å². The molecule has 3 nitrogen and oxygen atoms in total. The fourth-order valence-electron chi connectivity index (χ4n) is 4.11. The van der Waals surface area contributed by atoms with E-state index < -0.39 is 0 Å². The number of nitrogens with zero attached hydrogens (tertiary/aromatic N) is 1. The number of fused-ring (bicyclic) bond motifs is 1. The van der Waals surface area contributed by atoms with Crippen molar-refractivity contribution in [3.05, 3.63) is 23.7 Å². The highest BCUT2D eigenvalue weighted by molar-refractivity contribution is 5.18. The zero-order valence-corrected chi connectivity index (χ0v) is 12.3. The predicted octanol–water partition coefficient (Wildman–Crippen LogP) is 3.30. The summed E-state index contributed by atoms with van der Waals surface area (Å²) >= 11 is 0. The van der Waals surface area contributed by atoms with Gasteiger partial charge in [-0.3, -0.25) is 4.90 Å². The largest absolute Gasteiger partial charge is 0.468 e. The summed E-state index contributed by atoms with van der Waals surface area (Å²) in [5.74, 6) is 2.14. The molecule has 3 heteroatoms. The van der Waals surface area contributed by atoms with Crippen LogP contribution in [-0.4, -0.2) is 23.5 Å². The quantitative estimate of drug-likeness (QED) is 0.893. The average Bonchev–Trinajstić information content (AvgIpc) is 3.07. The summed E-state index contributed by atoms with van der Waals surface area (Å²) in [6, 6.07) is 3.78. The molecule has 1 aliphatic heterocycles. The summed E-state index contributed by atoms with van der Waals surface area (Å²) in [5, 5.41) is 3.57. The molecular weight excluding hydrogens is 248 g/mol. The van der Waals surface area contributed by atoms with Crippen LogP contribution in [0.5, 0.6) is 0 Å². The molecule has 0 amide bonds. The molecule has 2 atom stereocenters. The van der Waals surface area contributed by atoms with Crippen molar-refractivity contribution in [3.63, 3.8) is 0 Å². The highest BCUT2D eigenvalue weighted by atomic mass is 16.3. The van der Waals surface area contributed by atoms with Crippen molar-refractivity contribution in [2.75, 3.05) is 6.54 Å². The summed E-state index contributed by atoms with van der Waals surface area (Å²) in [6.45, 7) is 3.30. The molecule has 4 rings (SSSR count). The minimum absolute atomic E-state index is 0.752. The maximum atomic E-state index is 5.70. The van der Waals surface area contributed by atoms with Gasteiger partial charge in [-0.2, -0.15) is 0 Å². The number of likely N-dealkylation sites (tertiary alicyclic amines) is 1. The van der Waals surface area contributed by atoms with Crippen LogP contribution in [0.3, 0.4) is 0 Å². The van der Waals surface area contributed by atoms with Crippen molar-refractivity contribution in [1.29, 1.82) is 0 Å². The molecule has 1 aromatic heterocycles. The third kappa shape index (κ3) is 2.66. The van der Waals surface area contributed by atoms with Crippen LogP contribution in [0.1, 0.15) is 56.3 Å². The SMILES string of the molecule is c1cc(CN2CCC3CCCCC32)c(CNC2CC2)o1. The third-order valence-corrected chi connectivity index (χ3v) is 5.46. The van der Waals surface area contributed by atoms with Gasteiger partial charge in [0.05, 0.1) is 12.8 Å². The van der Waals surface area contributed by atoms with Gasteiger partial charge in [0.15, 0.2) is 0 Å². The molecule has 0 radical (unpaired) electrons. The predicted molar refractivity (Wildman–Crippen MR) is 79.3 cm³/mol. The molecule has 0 spiro atoms. The van der Waals surface area contributed by atoms with Crippen molar-refractivity contribution < 1.29 is 4.42 Å². The molecule has 110 valence electrons. The van der Waals surface area contributed by atoms with Gasteiger partial charge in [-0.1, -0.05) is 12.8 Å². The lowest BCUT2D eigenvalue weighted by molar-refractivity contribution is 0.175. The van der Waals surface area contributed by atoms with E-state index in [1.165, 1.54) is 57.1 Å². The molecule has 3 fully saturated rings. The van der Waals surface area contributed by atoms with Crippen molar-refractivity contribution in [2.24, 2.45) is 5.92 Å². The minimum Gasteiger partial charge on any atom is -0.468 e. The first kappa shape index (κ1) is 12.9. The van der Waals surface area contributed by atoms with Gasteiger partial charge in [-0.15, -0.1) is 0 Å². The van der Waals surface area contributed by atoms with Crippen LogP contribution in [0, 0.1) is 5.92 Å². The summed E-state index contributed by atoms with van der Waals surface area (Å²) in [4.78, 5) is 2.72. The molecule has 0 bridgehead atoms. The van der Waals surface area contributed by atoms with Gasteiger partial charge in [0, 0.05) is 24.2 Å². The molecule has 2 aliphatic carbocycles. The highest BCUT2D eigenvalue weighted by Gasteiger charge is 2.35. The van der Waals surface area contributed by atoms with E-state index in [4.69, 9.17) is 4.42 Å². The van der Waals surface area contributed by atoms with Gasteiger partial charge in [-0.25, -0.2) is 0 Å². The normalized spacial score (nSPS) is 30.6. The maximum absolute atomic E-state index is 5.70. The van der Waals surface area contributed by atoms with Crippen LogP contribution in [0.25, 0.3) is 0 Å². The smallest absolute Gasteiger partial charge is 0.122 e. The molecule has 0 aromatic carbocycles. The summed E-state index contributed by atoms with van der Waals surface area (Å²) < 4.78 is 5.70. The van der Waals surface area contributed by atoms with Crippen LogP contribution >= 0.6 is 0 Å². The maximum Gasteiger partial charge on any atom is 0.122 e. The van der Waals surface area contributed by atoms with Crippen molar-refractivity contribution in [2.45, 2.75) is 70.1 Å². The monoisotopic (exact) mass is 274 g/mol. The molecule has 1 aromatic rings. The van der Waals surface area contributed by atoms with Crippen LogP contribution < -0.4 is 5.32 Å². The lowest BCUT2D eigenvalue weighted by atomic mass is 9.85. The Labute approximate surface area is 121 Å². The molecule has 1 saturated heterocycles. The highest BCUT2D eigenvalue weighted by Crippen LogP contribution is 2.37. The lowest BCUT2D eigenvalue weighted by Crippen LogP contribution is -2.34. The Hall–Kier alpha value is -0.800. The first-order valence-electron chi connectivity index (χ1n) is 8.43. The molecular formula is C17H26N2O. The van der Waals surface area contributed by atoms with Crippen LogP contribution in [0.4, 0.5) is 0 Å². The second-order valence-electron chi connectivity index (χ2n) is 6.90. The van der Waals surface area contributed by atoms with Gasteiger partial charge < -0.3 is 9.73 Å². The molecule has 2 heterocycles. The zero-order valence-electron chi connectivity index (χ0n) is 12.3. The van der Waals surface area contributed by atoms with Crippen molar-refractivity contribution in [1.82, 2.24) is 10.2 Å². The fourth-order valence-corrected chi connectivity index (χ4v) is 4.11. The number of nitrogens with one attached hydrogen (secondary N) is 1. The second-order valence-corrected chi connectivity index (χ2v) is 6.90. The van der Waals surface area contributed by atoms with E-state index in [1.807, 2.05) is 6.26 Å². The fraction of sp³-hybridized carbons (Fsp3) is 0.765. The zero-order chi connectivity index (χ0) is 13.4. The number of hydrogen-bond donors (Lipinski definition) is 1. The Morgan fingerprint density at radius 1 is 1.15 bits per heavy atom. The van der Waals surface area contributed by atoms with Gasteiger partial charge >= 0.3 is 0 Å². The summed E-state index contributed by atoms with van der Waals surface area (Å²) in [5.41, 5.74) is 1.41. The average molecular weight is 274 g/mol. The van der Waals surface area contributed by atoms with E-state index in [1.54, 1.807) is 0 Å². The molecule has 20 heavy (non-hydrogen) atoms. The van der Waals surface area contributed by atoms with E-state index in [-0.39, 0.29) is 0 Å². The Balaban J connectivity index is 1.39. The van der Waals surface area contributed by atoms with Gasteiger partial charge in [0.25, 0.3) is 0 Å². The topological polar surface area (TPSA) is 28.4 Å². The van der Waals surface area contributed by atoms with E-state index in [0.29, 0.717) is 0 Å². The first-order chi connectivity index (χ1) is 9.90. The van der Waals surface area contributed by atoms with E-state index in [9.17, 15) is 0 Å². The second kappa shape index (κ2) is 5.53. The number of furan rings is 1. The molecule has 3 aliphatic rings. The van der Waals surface area contributed by atoms with Gasteiger partial charge in [-0.05, 0) is 50.6 Å². The van der Waals surface area contributed by atoms with Crippen LogP contribution in [-0.2, 0) is 13.1 Å². The van der Waals surface area contributed by atoms with Crippen LogP contribution in [0.2, 0.25) is 0 Å². The van der Waals surface area contributed by atoms with Crippen molar-refractivity contribution in [3.8, 4) is 0 Å². The summed E-state index contributed by atoms with van der Waals surface area (Å²) in [6.07, 6.45) is 11.7. The van der Waals surface area contributed by atoms with E-state index >= 15 is 0 Å². The lowest BCUT2D eigenvalue weighted by Gasteiger charge is -2.31. The van der Waals surface area contributed by atoms with Crippen LogP contribution in [0.15, 0.2) is 16.7 Å². The van der Waals surface area contributed by atoms with E-state index in [2.05, 4.69) is 16.3 Å². The Morgan fingerprint density at radius 3 is 2.95 bits per heavy atom. The Morgan fingerprint density at radius 2 is 2.05 bits per heavy atom. The first-order valence-corrected chi connectivity index (χ1v) is 8.43. The standard InChI is InChI=1S/C17H26N2O/c1-2-4-16-13(3-1)7-9-19(16)12-14-8-10-20-17(14)11-18-15-5-6-15/h8,10,13,15-16,18H,1-7,9,11-12H2. The number of rotatable bonds is 5. The Bertz CT molecular complexity index is 452. The number of hydrogen-bond acceptors (Lipinski definition) is 3. The third-order valence-electron chi connectivity index (χ3n) is 5.46. The van der Waals surface area contributed by atoms with Gasteiger partial charge in [0.1, 0.15) is 5.76 Å². The van der Waals surface area contributed by atoms with Crippen molar-refractivity contribution >= 4 is 0 Å². The minimum atomic E-state index is 0.752. The van der Waals surface area contributed by atoms with Gasteiger partial charge in [0.2, 0.25) is 0 Å². The molecule has 1 N–H and O–H groups in total. The molecule has 2 unspecified atom stereocenters. The Kier molecular flexibility index (Phi) is 3.57.